The van der Waals surface area contributed by atoms with Crippen LogP contribution in [0.3, 0.4) is 0 Å². The number of nitrogens with zero attached hydrogens (tertiary/aromatic N) is 1. The van der Waals surface area contributed by atoms with Gasteiger partial charge in [0.1, 0.15) is 24.2 Å². The van der Waals surface area contributed by atoms with Crippen molar-refractivity contribution in [3.63, 3.8) is 0 Å². The zero-order valence-electron chi connectivity index (χ0n) is 12.7. The van der Waals surface area contributed by atoms with Gasteiger partial charge < -0.3 is 19.6 Å². The lowest BCUT2D eigenvalue weighted by molar-refractivity contribution is -0.141. The molecule has 0 aromatic heterocycles. The highest BCUT2D eigenvalue weighted by Gasteiger charge is 2.27. The molecule has 1 amide bonds. The Kier molecular flexibility index (Phi) is 7.17. The molecule has 13 heteroatoms. The number of sulfonamides is 1. The van der Waals surface area contributed by atoms with Crippen LogP contribution in [0.1, 0.15) is 0 Å². The molecular weight excluding hydrogens is 380 g/mol. The number of hydrogen-bond donors (Lipinski definition) is 3. The summed E-state index contributed by atoms with van der Waals surface area (Å²) in [6.07, 6.45) is -0.273. The molecule has 1 aromatic rings. The summed E-state index contributed by atoms with van der Waals surface area (Å²) < 4.78 is 35.9. The maximum Gasteiger partial charge on any atom is 0.430 e. The molecule has 0 aliphatic rings. The van der Waals surface area contributed by atoms with Crippen molar-refractivity contribution < 1.29 is 42.4 Å². The first-order chi connectivity index (χ1) is 11.5. The Morgan fingerprint density at radius 2 is 1.72 bits per heavy atom. The fourth-order valence-electron chi connectivity index (χ4n) is 1.62. The molecule has 11 nitrogen and oxygen atoms in total. The molecule has 0 saturated carbocycles. The van der Waals surface area contributed by atoms with Gasteiger partial charge in [-0.2, -0.15) is 0 Å². The topological polar surface area (TPSA) is 173 Å². The predicted molar refractivity (Wildman–Crippen MR) is 82.4 cm³/mol. The Bertz CT molecular complexity index is 748. The highest BCUT2D eigenvalue weighted by atomic mass is 32.2. The summed E-state index contributed by atoms with van der Waals surface area (Å²) in [5.74, 6) is -3.04. The van der Waals surface area contributed by atoms with Gasteiger partial charge in [-0.25, -0.2) is 13.2 Å². The highest BCUT2D eigenvalue weighted by Crippen LogP contribution is 2.20. The largest absolute Gasteiger partial charge is 0.612 e. The molecule has 0 bridgehead atoms. The summed E-state index contributed by atoms with van der Waals surface area (Å²) in [6.45, 7) is -2.02. The van der Waals surface area contributed by atoms with Crippen LogP contribution >= 0.6 is 0 Å². The van der Waals surface area contributed by atoms with Crippen molar-refractivity contribution in [1.82, 2.24) is 9.79 Å². The lowest BCUT2D eigenvalue weighted by atomic mass is 10.4. The van der Waals surface area contributed by atoms with Gasteiger partial charge in [0.25, 0.3) is 10.0 Å². The van der Waals surface area contributed by atoms with E-state index in [2.05, 4.69) is 4.84 Å². The van der Waals surface area contributed by atoms with Crippen molar-refractivity contribution in [3.8, 4) is 0 Å². The molecule has 0 fully saturated rings. The molecule has 0 spiro atoms. The van der Waals surface area contributed by atoms with Crippen LogP contribution in [0, 0.1) is 0 Å². The van der Waals surface area contributed by atoms with E-state index in [0.717, 1.165) is 6.07 Å². The molecule has 1 atom stereocenters. The normalized spacial score (nSPS) is 12.2. The maximum atomic E-state index is 12.2. The molecule has 0 aliphatic heterocycles. The fraction of sp³-hybridized carbons (Fsp3) is 0.250. The van der Waals surface area contributed by atoms with Gasteiger partial charge in [0, 0.05) is 0 Å². The Balaban J connectivity index is 2.92. The van der Waals surface area contributed by atoms with Gasteiger partial charge in [0.05, 0.1) is 0 Å². The molecule has 1 rings (SSSR count). The summed E-state index contributed by atoms with van der Waals surface area (Å²) >= 11 is -1.65. The minimum Gasteiger partial charge on any atom is -0.612 e. The summed E-state index contributed by atoms with van der Waals surface area (Å²) in [5.41, 5.74) is 0. The molecule has 1 unspecified atom stereocenters. The number of benzene rings is 1. The van der Waals surface area contributed by atoms with Crippen LogP contribution in [-0.2, 0) is 35.6 Å². The number of carbonyl (C=O) groups is 3. The third-order valence-corrected chi connectivity index (χ3v) is 4.94. The lowest BCUT2D eigenvalue weighted by Gasteiger charge is -2.18. The smallest absolute Gasteiger partial charge is 0.430 e. The Morgan fingerprint density at radius 1 is 1.20 bits per heavy atom. The Labute approximate surface area is 145 Å². The maximum absolute atomic E-state index is 12.2. The first-order valence-corrected chi connectivity index (χ1v) is 9.42. The highest BCUT2D eigenvalue weighted by molar-refractivity contribution is 7.93. The number of carbonyl (C=O) groups excluding carboxylic acids is 1. The molecule has 0 saturated heterocycles. The van der Waals surface area contributed by atoms with Crippen LogP contribution < -0.4 is 4.89 Å². The van der Waals surface area contributed by atoms with Crippen LogP contribution in [0.15, 0.2) is 34.1 Å². The van der Waals surface area contributed by atoms with Gasteiger partial charge in [0.15, 0.2) is 4.90 Å². The molecule has 0 heterocycles. The number of amides is 1. The monoisotopic (exact) mass is 394 g/mol. The second kappa shape index (κ2) is 8.66. The van der Waals surface area contributed by atoms with E-state index in [1.807, 2.05) is 0 Å². The van der Waals surface area contributed by atoms with Gasteiger partial charge in [0.2, 0.25) is 0 Å². The van der Waals surface area contributed by atoms with E-state index in [-0.39, 0.29) is 9.80 Å². The lowest BCUT2D eigenvalue weighted by Crippen LogP contribution is -2.42. The van der Waals surface area contributed by atoms with Crippen LogP contribution in [0.5, 0.6) is 0 Å². The van der Waals surface area contributed by atoms with Gasteiger partial charge >= 0.3 is 18.0 Å². The van der Waals surface area contributed by atoms with Crippen LogP contribution in [-0.4, -0.2) is 65.5 Å². The van der Waals surface area contributed by atoms with Crippen molar-refractivity contribution >= 4 is 39.2 Å². The molecule has 3 N–H and O–H groups in total. The zero-order valence-corrected chi connectivity index (χ0v) is 14.4. The van der Waals surface area contributed by atoms with Gasteiger partial charge in [-0.3, -0.25) is 14.5 Å². The number of aliphatic carboxylic acids is 2. The van der Waals surface area contributed by atoms with Crippen molar-refractivity contribution in [3.05, 3.63) is 24.3 Å². The van der Waals surface area contributed by atoms with E-state index in [1.54, 1.807) is 0 Å². The molecule has 0 aliphatic carbocycles. The van der Waals surface area contributed by atoms with E-state index in [1.165, 1.54) is 29.3 Å². The van der Waals surface area contributed by atoms with E-state index < -0.39 is 57.2 Å². The standard InChI is InChI=1S/C12H14N2O9S2/c1-24(20)8-4-2-3-5-9(8)25(21,22)13-23-12(19)14(6-10(15)16)7-11(17)18/h2-5,13H,6-7H2,1H3,(H,15,16)(H,17,18). The zero-order chi connectivity index (χ0) is 19.2. The molecule has 1 aromatic carbocycles. The van der Waals surface area contributed by atoms with Crippen molar-refractivity contribution in [2.75, 3.05) is 19.3 Å². The number of carboxylic acids is 2. The summed E-state index contributed by atoms with van der Waals surface area (Å²) in [4.78, 5) is 38.5. The fourth-order valence-corrected chi connectivity index (χ4v) is 3.79. The molecule has 25 heavy (non-hydrogen) atoms. The third kappa shape index (κ3) is 6.22. The summed E-state index contributed by atoms with van der Waals surface area (Å²) in [6, 6.07) is 5.24. The van der Waals surface area contributed by atoms with E-state index in [9.17, 15) is 27.4 Å². The van der Waals surface area contributed by atoms with Crippen LogP contribution in [0.4, 0.5) is 4.79 Å². The second-order valence-electron chi connectivity index (χ2n) is 4.50. The number of nitrogens with one attached hydrogen (secondary N) is 1. The summed E-state index contributed by atoms with van der Waals surface area (Å²) in [7, 11) is -4.43. The van der Waals surface area contributed by atoms with Crippen LogP contribution in [0.2, 0.25) is 0 Å². The minimum absolute atomic E-state index is 0.0426. The number of hydrogen-bond acceptors (Lipinski definition) is 7. The van der Waals surface area contributed by atoms with Gasteiger partial charge in [-0.15, -0.1) is 0 Å². The van der Waals surface area contributed by atoms with Crippen LogP contribution in [0.25, 0.3) is 0 Å². The second-order valence-corrected chi connectivity index (χ2v) is 7.46. The average Bonchev–Trinajstić information content (AvgIpc) is 2.51. The first-order valence-electron chi connectivity index (χ1n) is 6.38. The molecule has 0 radical (unpaired) electrons. The van der Waals surface area contributed by atoms with Crippen molar-refractivity contribution in [2.24, 2.45) is 0 Å². The van der Waals surface area contributed by atoms with Gasteiger partial charge in [-0.1, -0.05) is 12.1 Å². The quantitative estimate of drug-likeness (QED) is 0.377. The Morgan fingerprint density at radius 3 is 2.20 bits per heavy atom. The van der Waals surface area contributed by atoms with E-state index in [0.29, 0.717) is 0 Å². The van der Waals surface area contributed by atoms with Crippen molar-refractivity contribution in [1.29, 1.82) is 0 Å². The predicted octanol–water partition coefficient (Wildman–Crippen LogP) is -0.775. The summed E-state index contributed by atoms with van der Waals surface area (Å²) in [5, 5.41) is 17.3. The van der Waals surface area contributed by atoms with E-state index >= 15 is 0 Å². The molecule has 138 valence electrons. The van der Waals surface area contributed by atoms with E-state index in [4.69, 9.17) is 10.2 Å². The third-order valence-electron chi connectivity index (χ3n) is 2.60. The Hall–Kier alpha value is -2.35. The molecular formula is C12H14N2O9S2. The van der Waals surface area contributed by atoms with Crippen molar-refractivity contribution in [2.45, 2.75) is 9.79 Å². The SMILES string of the molecule is C[S+]([O-])c1ccccc1S(=O)(=O)NOC(=O)N(CC(=O)O)CC(=O)O. The van der Waals surface area contributed by atoms with Gasteiger partial charge in [-0.05, 0) is 28.2 Å². The minimum atomic E-state index is -4.43. The first kappa shape index (κ1) is 20.7. The number of rotatable bonds is 8. The number of carboxylic acid groups (broad SMARTS) is 2. The average molecular weight is 394 g/mol.